The molecule has 0 amide bonds. The van der Waals surface area contributed by atoms with Gasteiger partial charge in [0.25, 0.3) is 0 Å². The highest BCUT2D eigenvalue weighted by Gasteiger charge is 2.09. The largest absolute Gasteiger partial charge is 0.466 e. The first-order valence-electron chi connectivity index (χ1n) is 5.13. The summed E-state index contributed by atoms with van der Waals surface area (Å²) >= 11 is 0. The van der Waals surface area contributed by atoms with Crippen molar-refractivity contribution >= 4 is 11.9 Å². The summed E-state index contributed by atoms with van der Waals surface area (Å²) in [5.74, 6) is -0.330. The van der Waals surface area contributed by atoms with Gasteiger partial charge in [0.2, 0.25) is 0 Å². The summed E-state index contributed by atoms with van der Waals surface area (Å²) in [5, 5.41) is 0. The molecule has 4 heteroatoms. The molecule has 0 aliphatic carbocycles. The minimum absolute atomic E-state index is 0.0354. The average Bonchev–Trinajstić information content (AvgIpc) is 2.28. The summed E-state index contributed by atoms with van der Waals surface area (Å²) < 4.78 is 9.69. The van der Waals surface area contributed by atoms with Gasteiger partial charge in [-0.05, 0) is 19.1 Å². The third-order valence-electron chi connectivity index (χ3n) is 1.81. The van der Waals surface area contributed by atoms with Crippen molar-refractivity contribution in [1.82, 2.24) is 0 Å². The van der Waals surface area contributed by atoms with Crippen LogP contribution < -0.4 is 4.74 Å². The number of para-hydroxylation sites is 1. The summed E-state index contributed by atoms with van der Waals surface area (Å²) in [5.41, 5.74) is 0. The number of rotatable bonds is 5. The lowest BCUT2D eigenvalue weighted by molar-refractivity contribution is -0.146. The SMILES string of the molecule is CCOC(=O)CCC(=O)Oc1ccccc1. The number of benzene rings is 1. The molecular weight excluding hydrogens is 208 g/mol. The third kappa shape index (κ3) is 4.59. The van der Waals surface area contributed by atoms with E-state index in [9.17, 15) is 9.59 Å². The molecule has 1 aromatic carbocycles. The molecule has 1 aromatic rings. The van der Waals surface area contributed by atoms with Crippen molar-refractivity contribution in [2.75, 3.05) is 6.61 Å². The zero-order valence-electron chi connectivity index (χ0n) is 9.14. The monoisotopic (exact) mass is 222 g/mol. The first-order chi connectivity index (χ1) is 7.72. The standard InChI is InChI=1S/C12H14O4/c1-2-15-11(13)8-9-12(14)16-10-6-4-3-5-7-10/h3-7H,2,8-9H2,1H3. The summed E-state index contributed by atoms with van der Waals surface area (Å²) in [6.45, 7) is 2.05. The number of carbonyl (C=O) groups excluding carboxylic acids is 2. The van der Waals surface area contributed by atoms with Gasteiger partial charge in [-0.1, -0.05) is 18.2 Å². The van der Waals surface area contributed by atoms with Crippen LogP contribution in [0.2, 0.25) is 0 Å². The molecule has 0 spiro atoms. The van der Waals surface area contributed by atoms with Crippen LogP contribution in [0.5, 0.6) is 5.75 Å². The predicted octanol–water partition coefficient (Wildman–Crippen LogP) is 1.94. The molecule has 0 fully saturated rings. The molecule has 0 aliphatic rings. The maximum atomic E-state index is 11.3. The minimum atomic E-state index is -0.431. The van der Waals surface area contributed by atoms with E-state index in [1.54, 1.807) is 31.2 Å². The summed E-state index contributed by atoms with van der Waals surface area (Å²) in [7, 11) is 0. The molecular formula is C12H14O4. The van der Waals surface area contributed by atoms with Crippen LogP contribution in [0.4, 0.5) is 0 Å². The summed E-state index contributed by atoms with van der Waals surface area (Å²) in [6, 6.07) is 8.74. The highest BCUT2D eigenvalue weighted by molar-refractivity contribution is 5.78. The second-order valence-corrected chi connectivity index (χ2v) is 3.09. The van der Waals surface area contributed by atoms with Gasteiger partial charge in [-0.25, -0.2) is 0 Å². The van der Waals surface area contributed by atoms with Crippen LogP contribution in [-0.4, -0.2) is 18.5 Å². The molecule has 0 N–H and O–H groups in total. The van der Waals surface area contributed by atoms with Crippen molar-refractivity contribution in [3.8, 4) is 5.75 Å². The lowest BCUT2D eigenvalue weighted by atomic mass is 10.3. The molecule has 4 nitrogen and oxygen atoms in total. The normalized spacial score (nSPS) is 9.56. The van der Waals surface area contributed by atoms with Crippen LogP contribution in [-0.2, 0) is 14.3 Å². The number of esters is 2. The van der Waals surface area contributed by atoms with Gasteiger partial charge in [0, 0.05) is 0 Å². The van der Waals surface area contributed by atoms with Crippen LogP contribution >= 0.6 is 0 Å². The van der Waals surface area contributed by atoms with E-state index in [-0.39, 0.29) is 18.8 Å². The van der Waals surface area contributed by atoms with E-state index in [1.807, 2.05) is 6.07 Å². The van der Waals surface area contributed by atoms with Gasteiger partial charge in [0.05, 0.1) is 19.4 Å². The maximum Gasteiger partial charge on any atom is 0.311 e. The van der Waals surface area contributed by atoms with Crippen molar-refractivity contribution in [3.63, 3.8) is 0 Å². The fourth-order valence-electron chi connectivity index (χ4n) is 1.11. The van der Waals surface area contributed by atoms with Gasteiger partial charge in [0.15, 0.2) is 0 Å². The van der Waals surface area contributed by atoms with E-state index in [0.29, 0.717) is 12.4 Å². The molecule has 1 rings (SSSR count). The second kappa shape index (κ2) is 6.61. The minimum Gasteiger partial charge on any atom is -0.466 e. The van der Waals surface area contributed by atoms with Gasteiger partial charge in [-0.2, -0.15) is 0 Å². The van der Waals surface area contributed by atoms with Crippen LogP contribution in [0.1, 0.15) is 19.8 Å². The molecule has 0 aromatic heterocycles. The van der Waals surface area contributed by atoms with Crippen molar-refractivity contribution in [3.05, 3.63) is 30.3 Å². The first kappa shape index (κ1) is 12.2. The number of ether oxygens (including phenoxy) is 2. The van der Waals surface area contributed by atoms with E-state index in [4.69, 9.17) is 9.47 Å². The number of carbonyl (C=O) groups is 2. The topological polar surface area (TPSA) is 52.6 Å². The van der Waals surface area contributed by atoms with Gasteiger partial charge in [0.1, 0.15) is 5.75 Å². The Kier molecular flexibility index (Phi) is 5.05. The molecule has 0 heterocycles. The zero-order valence-corrected chi connectivity index (χ0v) is 9.14. The van der Waals surface area contributed by atoms with Crippen molar-refractivity contribution < 1.29 is 19.1 Å². The van der Waals surface area contributed by atoms with E-state index >= 15 is 0 Å². The van der Waals surface area contributed by atoms with E-state index < -0.39 is 5.97 Å². The molecule has 0 radical (unpaired) electrons. The van der Waals surface area contributed by atoms with Crippen LogP contribution in [0.15, 0.2) is 30.3 Å². The van der Waals surface area contributed by atoms with E-state index in [0.717, 1.165) is 0 Å². The second-order valence-electron chi connectivity index (χ2n) is 3.09. The Morgan fingerprint density at radius 2 is 1.69 bits per heavy atom. The van der Waals surface area contributed by atoms with Crippen molar-refractivity contribution in [2.45, 2.75) is 19.8 Å². The smallest absolute Gasteiger partial charge is 0.311 e. The van der Waals surface area contributed by atoms with Crippen LogP contribution in [0.3, 0.4) is 0 Å². The fraction of sp³-hybridized carbons (Fsp3) is 0.333. The third-order valence-corrected chi connectivity index (χ3v) is 1.81. The van der Waals surface area contributed by atoms with Crippen LogP contribution in [0.25, 0.3) is 0 Å². The lowest BCUT2D eigenvalue weighted by Gasteiger charge is -2.03. The molecule has 0 saturated heterocycles. The van der Waals surface area contributed by atoms with Crippen molar-refractivity contribution in [2.24, 2.45) is 0 Å². The Morgan fingerprint density at radius 1 is 1.06 bits per heavy atom. The Labute approximate surface area is 94.2 Å². The predicted molar refractivity (Wildman–Crippen MR) is 57.9 cm³/mol. The zero-order chi connectivity index (χ0) is 11.8. The molecule has 0 saturated carbocycles. The highest BCUT2D eigenvalue weighted by atomic mass is 16.5. The Bertz CT molecular complexity index is 345. The Balaban J connectivity index is 2.29. The molecule has 0 atom stereocenters. The lowest BCUT2D eigenvalue weighted by Crippen LogP contribution is -2.12. The fourth-order valence-corrected chi connectivity index (χ4v) is 1.11. The summed E-state index contributed by atoms with van der Waals surface area (Å²) in [6.07, 6.45) is 0.0905. The average molecular weight is 222 g/mol. The Hall–Kier alpha value is -1.84. The quantitative estimate of drug-likeness (QED) is 0.564. The highest BCUT2D eigenvalue weighted by Crippen LogP contribution is 2.09. The molecule has 0 aliphatic heterocycles. The van der Waals surface area contributed by atoms with Gasteiger partial charge < -0.3 is 9.47 Å². The van der Waals surface area contributed by atoms with Gasteiger partial charge >= 0.3 is 11.9 Å². The van der Waals surface area contributed by atoms with Crippen molar-refractivity contribution in [1.29, 1.82) is 0 Å². The maximum absolute atomic E-state index is 11.3. The molecule has 86 valence electrons. The Morgan fingerprint density at radius 3 is 2.31 bits per heavy atom. The van der Waals surface area contributed by atoms with Gasteiger partial charge in [-0.15, -0.1) is 0 Å². The molecule has 0 unspecified atom stereocenters. The number of hydrogen-bond donors (Lipinski definition) is 0. The summed E-state index contributed by atoms with van der Waals surface area (Å²) in [4.78, 5) is 22.3. The first-order valence-corrected chi connectivity index (χ1v) is 5.13. The van der Waals surface area contributed by atoms with Crippen LogP contribution in [0, 0.1) is 0 Å². The number of hydrogen-bond acceptors (Lipinski definition) is 4. The molecule has 16 heavy (non-hydrogen) atoms. The van der Waals surface area contributed by atoms with E-state index in [1.165, 1.54) is 0 Å². The van der Waals surface area contributed by atoms with E-state index in [2.05, 4.69) is 0 Å². The van der Waals surface area contributed by atoms with Gasteiger partial charge in [-0.3, -0.25) is 9.59 Å². The molecule has 0 bridgehead atoms.